The highest BCUT2D eigenvalue weighted by Gasteiger charge is 2.30. The van der Waals surface area contributed by atoms with E-state index in [1.54, 1.807) is 29.2 Å². The normalized spacial score (nSPS) is 15.5. The average Bonchev–Trinajstić information content (AvgIpc) is 2.93. The van der Waals surface area contributed by atoms with Gasteiger partial charge in [0, 0.05) is 50.5 Å². The lowest BCUT2D eigenvalue weighted by Gasteiger charge is -2.40. The lowest BCUT2D eigenvalue weighted by atomic mass is 10.00. The van der Waals surface area contributed by atoms with Crippen LogP contribution in [0.15, 0.2) is 60.8 Å². The Bertz CT molecular complexity index is 1330. The zero-order valence-corrected chi connectivity index (χ0v) is 25.5. The largest absolute Gasteiger partial charge is 0.444 e. The predicted octanol–water partition coefficient (Wildman–Crippen LogP) is 6.94. The Morgan fingerprint density at radius 1 is 1.07 bits per heavy atom. The van der Waals surface area contributed by atoms with Crippen LogP contribution < -0.4 is 5.32 Å². The van der Waals surface area contributed by atoms with Crippen molar-refractivity contribution in [3.63, 3.8) is 0 Å². The minimum atomic E-state index is -0.527. The van der Waals surface area contributed by atoms with Gasteiger partial charge in [0.05, 0.1) is 5.56 Å². The molecular formula is C32H40ClFN4O3. The highest BCUT2D eigenvalue weighted by atomic mass is 35.5. The molecule has 1 aliphatic heterocycles. The first kappa shape index (κ1) is 32.0. The van der Waals surface area contributed by atoms with E-state index in [4.69, 9.17) is 16.3 Å². The van der Waals surface area contributed by atoms with Crippen LogP contribution in [0.3, 0.4) is 0 Å². The molecule has 4 rings (SSSR count). The third kappa shape index (κ3) is 9.26. The number of aromatic nitrogens is 1. The van der Waals surface area contributed by atoms with Gasteiger partial charge < -0.3 is 15.0 Å². The smallest absolute Gasteiger partial charge is 0.410 e. The van der Waals surface area contributed by atoms with Crippen LogP contribution >= 0.6 is 11.6 Å². The van der Waals surface area contributed by atoms with Gasteiger partial charge in [0.25, 0.3) is 5.91 Å². The first-order chi connectivity index (χ1) is 19.5. The molecule has 9 heteroatoms. The van der Waals surface area contributed by atoms with Gasteiger partial charge in [-0.25, -0.2) is 14.2 Å². The number of benzene rings is 2. The van der Waals surface area contributed by atoms with Crippen LogP contribution in [0, 0.1) is 5.82 Å². The molecule has 1 saturated heterocycles. The minimum absolute atomic E-state index is 0.0183. The van der Waals surface area contributed by atoms with E-state index in [0.717, 1.165) is 29.8 Å². The number of carbonyl (C=O) groups excluding carboxylic acids is 2. The Labute approximate surface area is 247 Å². The van der Waals surface area contributed by atoms with Crippen molar-refractivity contribution in [2.45, 2.75) is 66.3 Å². The van der Waals surface area contributed by atoms with E-state index >= 15 is 0 Å². The number of hydrogen-bond acceptors (Lipinski definition) is 5. The molecule has 0 spiro atoms. The van der Waals surface area contributed by atoms with Gasteiger partial charge in [-0.1, -0.05) is 49.7 Å². The van der Waals surface area contributed by atoms with Gasteiger partial charge in [-0.05, 0) is 74.7 Å². The lowest BCUT2D eigenvalue weighted by molar-refractivity contribution is 0.000553. The summed E-state index contributed by atoms with van der Waals surface area (Å²) in [6, 6.07) is 15.8. The maximum atomic E-state index is 14.9. The second-order valence-electron chi connectivity index (χ2n) is 10.8. The Hall–Kier alpha value is -3.49. The van der Waals surface area contributed by atoms with Crippen LogP contribution in [0.25, 0.3) is 11.1 Å². The van der Waals surface area contributed by atoms with E-state index in [2.05, 4.69) is 15.2 Å². The molecule has 3 aromatic rings. The summed E-state index contributed by atoms with van der Waals surface area (Å²) in [5.41, 5.74) is 2.94. The summed E-state index contributed by atoms with van der Waals surface area (Å²) < 4.78 is 20.4. The minimum Gasteiger partial charge on any atom is -0.444 e. The maximum Gasteiger partial charge on any atom is 0.410 e. The molecule has 2 heterocycles. The number of ether oxygens (including phenoxy) is 1. The number of rotatable bonds is 6. The van der Waals surface area contributed by atoms with Gasteiger partial charge in [0.2, 0.25) is 0 Å². The Morgan fingerprint density at radius 2 is 1.83 bits per heavy atom. The van der Waals surface area contributed by atoms with Crippen molar-refractivity contribution in [1.29, 1.82) is 0 Å². The first-order valence-electron chi connectivity index (χ1n) is 14.0. The molecule has 1 atom stereocenters. The molecule has 1 aliphatic rings. The molecule has 0 radical (unpaired) electrons. The first-order valence-corrected chi connectivity index (χ1v) is 14.4. The van der Waals surface area contributed by atoms with Crippen molar-refractivity contribution in [2.24, 2.45) is 0 Å². The van der Waals surface area contributed by atoms with Gasteiger partial charge in [-0.2, -0.15) is 0 Å². The third-order valence-electron chi connectivity index (χ3n) is 6.46. The molecule has 1 aromatic heterocycles. The number of piperazine rings is 1. The fourth-order valence-electron chi connectivity index (χ4n) is 4.56. The summed E-state index contributed by atoms with van der Waals surface area (Å²) in [5.74, 6) is -0.614. The zero-order valence-electron chi connectivity index (χ0n) is 24.7. The number of nitrogens with one attached hydrogen (secondary N) is 1. The fraction of sp³-hybridized carbons (Fsp3) is 0.406. The van der Waals surface area contributed by atoms with Crippen LogP contribution in [-0.2, 0) is 17.8 Å². The Kier molecular flexibility index (Phi) is 11.3. The van der Waals surface area contributed by atoms with Crippen molar-refractivity contribution in [3.8, 4) is 11.1 Å². The quantitative estimate of drug-likeness (QED) is 0.319. The molecule has 7 nitrogen and oxygen atoms in total. The van der Waals surface area contributed by atoms with E-state index in [1.165, 1.54) is 12.3 Å². The molecule has 0 aliphatic carbocycles. The predicted molar refractivity (Wildman–Crippen MR) is 161 cm³/mol. The number of halogens is 2. The van der Waals surface area contributed by atoms with E-state index in [0.29, 0.717) is 29.4 Å². The van der Waals surface area contributed by atoms with Crippen molar-refractivity contribution >= 4 is 23.6 Å². The number of amides is 2. The molecule has 2 aromatic carbocycles. The van der Waals surface area contributed by atoms with Crippen LogP contribution in [0.4, 0.5) is 9.18 Å². The topological polar surface area (TPSA) is 74.8 Å². The highest BCUT2D eigenvalue weighted by Crippen LogP contribution is 2.26. The summed E-state index contributed by atoms with van der Waals surface area (Å²) in [6.45, 7) is 14.6. The summed E-state index contributed by atoms with van der Waals surface area (Å²) >= 11 is 5.79. The Morgan fingerprint density at radius 3 is 2.49 bits per heavy atom. The molecule has 0 saturated carbocycles. The van der Waals surface area contributed by atoms with Gasteiger partial charge in [-0.3, -0.25) is 9.69 Å². The van der Waals surface area contributed by atoms with Crippen molar-refractivity contribution in [3.05, 3.63) is 88.5 Å². The molecule has 1 fully saturated rings. The van der Waals surface area contributed by atoms with Gasteiger partial charge in [-0.15, -0.1) is 0 Å². The Balaban J connectivity index is 0.00000226. The SMILES string of the molecule is CC.CC1CN(Cc2cccc(-c3cc(CNC(=O)c4ccc(Cl)nc4)ccc3F)c2)CCN1C(=O)OC(C)(C)C. The van der Waals surface area contributed by atoms with Gasteiger partial charge >= 0.3 is 6.09 Å². The van der Waals surface area contributed by atoms with Crippen LogP contribution in [-0.4, -0.2) is 58.1 Å². The number of carbonyl (C=O) groups is 2. The summed E-state index contributed by atoms with van der Waals surface area (Å²) in [6.07, 6.45) is 1.13. The summed E-state index contributed by atoms with van der Waals surface area (Å²) in [4.78, 5) is 33.0. The highest BCUT2D eigenvalue weighted by molar-refractivity contribution is 6.29. The fourth-order valence-corrected chi connectivity index (χ4v) is 4.67. The standard InChI is InChI=1S/C30H34ClFN4O3.C2H6/c1-20-18-35(12-13-36(20)29(38)39-30(2,3)4)19-22-6-5-7-23(14-22)25-15-21(8-10-26(25)32)16-34-28(37)24-9-11-27(31)33-17-24;1-2/h5-11,14-15,17,20H,12-13,16,18-19H2,1-4H3,(H,34,37);1-2H3. The van der Waals surface area contributed by atoms with E-state index in [1.807, 2.05) is 65.8 Å². The second kappa shape index (κ2) is 14.4. The molecule has 1 N–H and O–H groups in total. The number of hydrogen-bond donors (Lipinski definition) is 1. The molecular weight excluding hydrogens is 543 g/mol. The molecule has 220 valence electrons. The monoisotopic (exact) mass is 582 g/mol. The zero-order chi connectivity index (χ0) is 30.2. The number of pyridine rings is 1. The molecule has 1 unspecified atom stereocenters. The van der Waals surface area contributed by atoms with Crippen molar-refractivity contribution < 1.29 is 18.7 Å². The molecule has 2 amide bonds. The van der Waals surface area contributed by atoms with Gasteiger partial charge in [0.1, 0.15) is 16.6 Å². The summed E-state index contributed by atoms with van der Waals surface area (Å²) in [7, 11) is 0. The summed E-state index contributed by atoms with van der Waals surface area (Å²) in [5, 5.41) is 3.15. The third-order valence-corrected chi connectivity index (χ3v) is 6.68. The number of nitrogens with zero attached hydrogens (tertiary/aromatic N) is 3. The lowest BCUT2D eigenvalue weighted by Crippen LogP contribution is -2.54. The van der Waals surface area contributed by atoms with Crippen molar-refractivity contribution in [1.82, 2.24) is 20.1 Å². The average molecular weight is 583 g/mol. The molecule has 0 bridgehead atoms. The van der Waals surface area contributed by atoms with Crippen LogP contribution in [0.2, 0.25) is 5.15 Å². The van der Waals surface area contributed by atoms with Crippen LogP contribution in [0.1, 0.15) is 63.0 Å². The second-order valence-corrected chi connectivity index (χ2v) is 11.2. The van der Waals surface area contributed by atoms with E-state index in [9.17, 15) is 14.0 Å². The van der Waals surface area contributed by atoms with Crippen molar-refractivity contribution in [2.75, 3.05) is 19.6 Å². The van der Waals surface area contributed by atoms with E-state index < -0.39 is 5.60 Å². The molecule has 41 heavy (non-hydrogen) atoms. The van der Waals surface area contributed by atoms with E-state index in [-0.39, 0.29) is 30.4 Å². The van der Waals surface area contributed by atoms with Gasteiger partial charge in [0.15, 0.2) is 0 Å². The maximum absolute atomic E-state index is 14.9. The van der Waals surface area contributed by atoms with Crippen LogP contribution in [0.5, 0.6) is 0 Å².